The van der Waals surface area contributed by atoms with E-state index in [1.54, 1.807) is 0 Å². The van der Waals surface area contributed by atoms with Crippen molar-refractivity contribution in [3.05, 3.63) is 0 Å². The summed E-state index contributed by atoms with van der Waals surface area (Å²) in [6.45, 7) is 9.77. The molecule has 2 amide bonds. The predicted octanol–water partition coefficient (Wildman–Crippen LogP) is 0.378. The molecule has 5 nitrogen and oxygen atoms in total. The highest BCUT2D eigenvalue weighted by Gasteiger charge is 2.38. The topological polar surface area (TPSA) is 98.2 Å². The molecule has 0 saturated carbocycles. The van der Waals surface area contributed by atoms with Crippen molar-refractivity contribution in [2.45, 2.75) is 47.1 Å². The highest BCUT2D eigenvalue weighted by Crippen LogP contribution is 2.35. The second-order valence-electron chi connectivity index (χ2n) is 6.07. The molecule has 0 rings (SSSR count). The third-order valence-electron chi connectivity index (χ3n) is 2.90. The molecule has 1 atom stereocenters. The normalized spacial score (nSPS) is 14.2. The molecule has 0 aromatic heterocycles. The average Bonchev–Trinajstić information content (AvgIpc) is 2.11. The highest BCUT2D eigenvalue weighted by atomic mass is 16.2. The molecule has 0 aromatic rings. The van der Waals surface area contributed by atoms with Crippen molar-refractivity contribution < 1.29 is 9.59 Å². The minimum Gasteiger partial charge on any atom is -0.368 e. The molecular weight excluding hydrogens is 218 g/mol. The van der Waals surface area contributed by atoms with E-state index in [1.165, 1.54) is 6.92 Å². The summed E-state index contributed by atoms with van der Waals surface area (Å²) in [6.07, 6.45) is 0.699. The second kappa shape index (κ2) is 5.49. The van der Waals surface area contributed by atoms with Crippen LogP contribution in [0.2, 0.25) is 0 Å². The molecular formula is C12H25N3O2. The van der Waals surface area contributed by atoms with E-state index < -0.39 is 17.4 Å². The minimum absolute atomic E-state index is 0.102. The Balaban J connectivity index is 4.95. The molecule has 1 unspecified atom stereocenters. The SMILES string of the molecule is CC(=O)NC(C(N)=O)C(C)(C)CC(C)(C)CN. The number of nitrogens with two attached hydrogens (primary N) is 2. The zero-order chi connectivity index (χ0) is 13.9. The fourth-order valence-electron chi connectivity index (χ4n) is 2.26. The van der Waals surface area contributed by atoms with Crippen LogP contribution in [0.25, 0.3) is 0 Å². The first-order valence-corrected chi connectivity index (χ1v) is 5.78. The van der Waals surface area contributed by atoms with Crippen molar-refractivity contribution in [2.75, 3.05) is 6.54 Å². The van der Waals surface area contributed by atoms with E-state index in [0.29, 0.717) is 13.0 Å². The molecule has 17 heavy (non-hydrogen) atoms. The first-order chi connectivity index (χ1) is 7.52. The largest absolute Gasteiger partial charge is 0.368 e. The van der Waals surface area contributed by atoms with Gasteiger partial charge in [-0.3, -0.25) is 9.59 Å². The summed E-state index contributed by atoms with van der Waals surface area (Å²) in [5.41, 5.74) is 10.5. The molecule has 5 N–H and O–H groups in total. The molecule has 0 fully saturated rings. The smallest absolute Gasteiger partial charge is 0.240 e. The van der Waals surface area contributed by atoms with Crippen LogP contribution in [-0.4, -0.2) is 24.4 Å². The Bertz CT molecular complexity index is 298. The van der Waals surface area contributed by atoms with Gasteiger partial charge in [-0.1, -0.05) is 27.7 Å². The molecule has 0 aliphatic rings. The fourth-order valence-corrected chi connectivity index (χ4v) is 2.26. The Kier molecular flexibility index (Phi) is 5.13. The van der Waals surface area contributed by atoms with Crippen molar-refractivity contribution in [1.29, 1.82) is 0 Å². The van der Waals surface area contributed by atoms with E-state index in [-0.39, 0.29) is 11.3 Å². The summed E-state index contributed by atoms with van der Waals surface area (Å²) in [6, 6.07) is -0.675. The summed E-state index contributed by atoms with van der Waals surface area (Å²) in [4.78, 5) is 22.5. The number of carbonyl (C=O) groups excluding carboxylic acids is 2. The lowest BCUT2D eigenvalue weighted by Crippen LogP contribution is -2.54. The summed E-state index contributed by atoms with van der Waals surface area (Å²) in [7, 11) is 0. The predicted molar refractivity (Wildman–Crippen MR) is 68.0 cm³/mol. The number of rotatable bonds is 6. The fraction of sp³-hybridized carbons (Fsp3) is 0.833. The number of hydrogen-bond acceptors (Lipinski definition) is 3. The van der Waals surface area contributed by atoms with E-state index >= 15 is 0 Å². The Morgan fingerprint density at radius 3 is 2.00 bits per heavy atom. The van der Waals surface area contributed by atoms with Gasteiger partial charge >= 0.3 is 0 Å². The first kappa shape index (κ1) is 15.9. The van der Waals surface area contributed by atoms with Crippen LogP contribution in [0.1, 0.15) is 41.0 Å². The van der Waals surface area contributed by atoms with Gasteiger partial charge in [0.05, 0.1) is 0 Å². The maximum Gasteiger partial charge on any atom is 0.240 e. The van der Waals surface area contributed by atoms with Crippen LogP contribution in [0, 0.1) is 10.8 Å². The first-order valence-electron chi connectivity index (χ1n) is 5.78. The molecule has 0 aliphatic carbocycles. The van der Waals surface area contributed by atoms with Crippen LogP contribution in [0.5, 0.6) is 0 Å². The average molecular weight is 243 g/mol. The van der Waals surface area contributed by atoms with Gasteiger partial charge in [-0.15, -0.1) is 0 Å². The van der Waals surface area contributed by atoms with Gasteiger partial charge in [0, 0.05) is 6.92 Å². The molecule has 100 valence electrons. The van der Waals surface area contributed by atoms with Gasteiger partial charge in [0.2, 0.25) is 11.8 Å². The summed E-state index contributed by atoms with van der Waals surface area (Å²) >= 11 is 0. The van der Waals surface area contributed by atoms with Crippen LogP contribution < -0.4 is 16.8 Å². The van der Waals surface area contributed by atoms with Gasteiger partial charge < -0.3 is 16.8 Å². The maximum atomic E-state index is 11.4. The van der Waals surface area contributed by atoms with Crippen LogP contribution >= 0.6 is 0 Å². The Morgan fingerprint density at radius 1 is 1.24 bits per heavy atom. The van der Waals surface area contributed by atoms with E-state index in [4.69, 9.17) is 11.5 Å². The number of primary amides is 1. The monoisotopic (exact) mass is 243 g/mol. The molecule has 0 bridgehead atoms. The van der Waals surface area contributed by atoms with Crippen LogP contribution in [-0.2, 0) is 9.59 Å². The zero-order valence-electron chi connectivity index (χ0n) is 11.5. The third-order valence-corrected chi connectivity index (χ3v) is 2.90. The van der Waals surface area contributed by atoms with Gasteiger partial charge in [-0.05, 0) is 23.8 Å². The van der Waals surface area contributed by atoms with Gasteiger partial charge in [0.15, 0.2) is 0 Å². The maximum absolute atomic E-state index is 11.4. The van der Waals surface area contributed by atoms with Crippen molar-refractivity contribution in [3.8, 4) is 0 Å². The van der Waals surface area contributed by atoms with Crippen molar-refractivity contribution >= 4 is 11.8 Å². The lowest BCUT2D eigenvalue weighted by atomic mass is 9.71. The second-order valence-corrected chi connectivity index (χ2v) is 6.07. The van der Waals surface area contributed by atoms with E-state index in [2.05, 4.69) is 5.32 Å². The Hall–Kier alpha value is -1.10. The highest BCUT2D eigenvalue weighted by molar-refractivity contribution is 5.86. The Morgan fingerprint density at radius 2 is 1.71 bits per heavy atom. The van der Waals surface area contributed by atoms with E-state index in [9.17, 15) is 9.59 Å². The number of amides is 2. The lowest BCUT2D eigenvalue weighted by molar-refractivity contribution is -0.129. The van der Waals surface area contributed by atoms with E-state index in [0.717, 1.165) is 0 Å². The zero-order valence-corrected chi connectivity index (χ0v) is 11.5. The van der Waals surface area contributed by atoms with Crippen molar-refractivity contribution in [2.24, 2.45) is 22.3 Å². The van der Waals surface area contributed by atoms with Crippen molar-refractivity contribution in [3.63, 3.8) is 0 Å². The van der Waals surface area contributed by atoms with Gasteiger partial charge in [0.25, 0.3) is 0 Å². The number of carbonyl (C=O) groups is 2. The quantitative estimate of drug-likeness (QED) is 0.629. The molecule has 5 heteroatoms. The molecule has 0 aromatic carbocycles. The van der Waals surface area contributed by atoms with Gasteiger partial charge in [-0.2, -0.15) is 0 Å². The molecule has 0 radical (unpaired) electrons. The third kappa shape index (κ3) is 5.17. The summed E-state index contributed by atoms with van der Waals surface area (Å²) in [5.74, 6) is -0.773. The van der Waals surface area contributed by atoms with Gasteiger partial charge in [-0.25, -0.2) is 0 Å². The lowest BCUT2D eigenvalue weighted by Gasteiger charge is -2.38. The molecule has 0 spiro atoms. The van der Waals surface area contributed by atoms with E-state index in [1.807, 2.05) is 27.7 Å². The molecule has 0 heterocycles. The standard InChI is InChI=1S/C12H25N3O2/c1-8(16)15-9(10(14)17)12(4,5)6-11(2,3)7-13/h9H,6-7,13H2,1-5H3,(H2,14,17)(H,15,16). The van der Waals surface area contributed by atoms with Crippen LogP contribution in [0.4, 0.5) is 0 Å². The van der Waals surface area contributed by atoms with Crippen LogP contribution in [0.15, 0.2) is 0 Å². The van der Waals surface area contributed by atoms with Gasteiger partial charge in [0.1, 0.15) is 6.04 Å². The van der Waals surface area contributed by atoms with Crippen LogP contribution in [0.3, 0.4) is 0 Å². The van der Waals surface area contributed by atoms with Crippen molar-refractivity contribution in [1.82, 2.24) is 5.32 Å². The number of nitrogens with one attached hydrogen (secondary N) is 1. The minimum atomic E-state index is -0.675. The molecule has 0 saturated heterocycles. The molecule has 0 aliphatic heterocycles. The Labute approximate surface area is 103 Å². The summed E-state index contributed by atoms with van der Waals surface area (Å²) < 4.78 is 0. The number of hydrogen-bond donors (Lipinski definition) is 3. The summed E-state index contributed by atoms with van der Waals surface area (Å²) in [5, 5.41) is 2.61.